The molecule has 5 rings (SSSR count). The van der Waals surface area contributed by atoms with Crippen molar-refractivity contribution in [3.05, 3.63) is 83.2 Å². The van der Waals surface area contributed by atoms with Crippen molar-refractivity contribution < 1.29 is 17.5 Å². The molecule has 0 saturated heterocycles. The minimum Gasteiger partial charge on any atom is -0.496 e. The van der Waals surface area contributed by atoms with Crippen molar-refractivity contribution >= 4 is 37.3 Å². The van der Waals surface area contributed by atoms with E-state index in [0.29, 0.717) is 44.5 Å². The fourth-order valence-electron chi connectivity index (χ4n) is 4.09. The second-order valence-corrected chi connectivity index (χ2v) is 10.6. The van der Waals surface area contributed by atoms with Crippen LogP contribution in [-0.4, -0.2) is 30.7 Å². The van der Waals surface area contributed by atoms with E-state index in [1.807, 2.05) is 0 Å². The zero-order chi connectivity index (χ0) is 26.2. The van der Waals surface area contributed by atoms with E-state index in [2.05, 4.69) is 26.0 Å². The number of ether oxygens (including phenoxy) is 1. The number of sulfonamides is 1. The molecule has 0 bridgehead atoms. The van der Waals surface area contributed by atoms with Gasteiger partial charge in [-0.05, 0) is 65.9 Å². The summed E-state index contributed by atoms with van der Waals surface area (Å²) in [6.45, 7) is 1.78. The Balaban J connectivity index is 1.63. The number of benzene rings is 3. The van der Waals surface area contributed by atoms with Crippen LogP contribution < -0.4 is 9.46 Å². The number of anilines is 1. The van der Waals surface area contributed by atoms with E-state index in [1.165, 1.54) is 36.9 Å². The van der Waals surface area contributed by atoms with Crippen LogP contribution in [0.3, 0.4) is 0 Å². The highest BCUT2D eigenvalue weighted by Gasteiger charge is 2.20. The van der Waals surface area contributed by atoms with Crippen molar-refractivity contribution in [1.29, 1.82) is 5.26 Å². The Morgan fingerprint density at radius 2 is 1.92 bits per heavy atom. The molecule has 0 radical (unpaired) electrons. The molecule has 0 atom stereocenters. The maximum Gasteiger partial charge on any atom is 0.263 e. The molecule has 0 unspecified atom stereocenters. The highest BCUT2D eigenvalue weighted by atomic mass is 32.2. The molecule has 2 heterocycles. The fourth-order valence-corrected chi connectivity index (χ4v) is 5.81. The summed E-state index contributed by atoms with van der Waals surface area (Å²) in [4.78, 5) is 4.56. The summed E-state index contributed by atoms with van der Waals surface area (Å²) in [5.74, 6) is 0.0366. The molecular weight excluding hydrogens is 513 g/mol. The topological polar surface area (TPSA) is 118 Å². The highest BCUT2D eigenvalue weighted by molar-refractivity contribution is 7.93. The lowest BCUT2D eigenvalue weighted by atomic mass is 9.94. The number of pyridine rings is 1. The summed E-state index contributed by atoms with van der Waals surface area (Å²) in [6.07, 6.45) is 1.56. The van der Waals surface area contributed by atoms with E-state index in [4.69, 9.17) is 4.74 Å². The minimum absolute atomic E-state index is 0.0499. The Morgan fingerprint density at radius 3 is 2.62 bits per heavy atom. The largest absolute Gasteiger partial charge is 0.496 e. The maximum absolute atomic E-state index is 14.1. The minimum atomic E-state index is -3.88. The number of nitriles is 1. The highest BCUT2D eigenvalue weighted by Crippen LogP contribution is 2.39. The molecule has 8 nitrogen and oxygen atoms in total. The molecular formula is C26H18FN5O3S2. The average Bonchev–Trinajstić information content (AvgIpc) is 3.39. The summed E-state index contributed by atoms with van der Waals surface area (Å²) in [5, 5.41) is 18.7. The summed E-state index contributed by atoms with van der Waals surface area (Å²) in [5.41, 5.74) is 4.62. The van der Waals surface area contributed by atoms with Gasteiger partial charge in [-0.1, -0.05) is 23.5 Å². The molecule has 0 spiro atoms. The number of hydrogen-bond donors (Lipinski definition) is 1. The van der Waals surface area contributed by atoms with Crippen molar-refractivity contribution in [3.63, 3.8) is 0 Å². The van der Waals surface area contributed by atoms with Crippen LogP contribution in [0.4, 0.5) is 9.52 Å². The van der Waals surface area contributed by atoms with Gasteiger partial charge < -0.3 is 4.74 Å². The van der Waals surface area contributed by atoms with Crippen molar-refractivity contribution in [2.45, 2.75) is 11.8 Å². The van der Waals surface area contributed by atoms with Gasteiger partial charge in [-0.2, -0.15) is 5.26 Å². The van der Waals surface area contributed by atoms with Crippen LogP contribution in [0.15, 0.2) is 71.2 Å². The second kappa shape index (κ2) is 9.57. The van der Waals surface area contributed by atoms with Crippen LogP contribution in [0, 0.1) is 24.1 Å². The first-order valence-electron chi connectivity index (χ1n) is 10.9. The number of methoxy groups -OCH3 is 1. The molecule has 0 fully saturated rings. The Kier molecular flexibility index (Phi) is 6.29. The molecule has 37 heavy (non-hydrogen) atoms. The number of nitrogens with zero attached hydrogens (tertiary/aromatic N) is 4. The summed E-state index contributed by atoms with van der Waals surface area (Å²) in [6, 6.07) is 16.5. The molecule has 0 aliphatic rings. The molecule has 184 valence electrons. The van der Waals surface area contributed by atoms with Gasteiger partial charge in [-0.15, -0.1) is 10.2 Å². The standard InChI is InChI=1S/C26H18FN5O3S2/c1-15-7-17(9-19(27)8-15)22-12-24(35-2)23(11-18(22)13-28)25-21-4-3-20(10-16(21)5-6-29-25)37(33,34)32-26-31-30-14-36-26/h3-12,14H,1-2H3,(H,31,32). The molecule has 5 aromatic rings. The van der Waals surface area contributed by atoms with Gasteiger partial charge in [-0.3, -0.25) is 9.71 Å². The number of aryl methyl sites for hydroxylation is 1. The van der Waals surface area contributed by atoms with Gasteiger partial charge >= 0.3 is 0 Å². The monoisotopic (exact) mass is 531 g/mol. The van der Waals surface area contributed by atoms with E-state index in [9.17, 15) is 18.1 Å². The van der Waals surface area contributed by atoms with Crippen molar-refractivity contribution in [2.24, 2.45) is 0 Å². The number of halogens is 1. The van der Waals surface area contributed by atoms with Gasteiger partial charge in [0.15, 0.2) is 0 Å². The van der Waals surface area contributed by atoms with E-state index in [0.717, 1.165) is 16.9 Å². The van der Waals surface area contributed by atoms with E-state index < -0.39 is 15.8 Å². The summed E-state index contributed by atoms with van der Waals surface area (Å²) < 4.78 is 47.8. The number of hydrogen-bond acceptors (Lipinski definition) is 8. The number of aromatic nitrogens is 3. The molecule has 0 aliphatic carbocycles. The first kappa shape index (κ1) is 24.3. The average molecular weight is 532 g/mol. The Bertz CT molecular complexity index is 1780. The van der Waals surface area contributed by atoms with E-state index in [1.54, 1.807) is 43.5 Å². The van der Waals surface area contributed by atoms with Gasteiger partial charge in [0.2, 0.25) is 5.13 Å². The molecule has 2 aromatic heterocycles. The predicted molar refractivity (Wildman–Crippen MR) is 139 cm³/mol. The van der Waals surface area contributed by atoms with Crippen LogP contribution in [0.25, 0.3) is 33.2 Å². The third-order valence-electron chi connectivity index (χ3n) is 5.70. The first-order valence-corrected chi connectivity index (χ1v) is 13.2. The van der Waals surface area contributed by atoms with Crippen molar-refractivity contribution in [1.82, 2.24) is 15.2 Å². The van der Waals surface area contributed by atoms with Crippen molar-refractivity contribution in [3.8, 4) is 34.2 Å². The first-order chi connectivity index (χ1) is 17.8. The Hall–Kier alpha value is -4.40. The molecule has 0 amide bonds. The zero-order valence-corrected chi connectivity index (χ0v) is 21.2. The van der Waals surface area contributed by atoms with E-state index >= 15 is 0 Å². The quantitative estimate of drug-likeness (QED) is 0.305. The number of nitrogens with one attached hydrogen (secondary N) is 1. The van der Waals surface area contributed by atoms with Crippen molar-refractivity contribution in [2.75, 3.05) is 11.8 Å². The third kappa shape index (κ3) is 4.72. The fraction of sp³-hybridized carbons (Fsp3) is 0.0769. The van der Waals surface area contributed by atoms with Gasteiger partial charge in [0, 0.05) is 22.7 Å². The molecule has 0 aliphatic heterocycles. The van der Waals surface area contributed by atoms with Crippen LogP contribution in [0.5, 0.6) is 5.75 Å². The van der Waals surface area contributed by atoms with Gasteiger partial charge in [0.1, 0.15) is 17.1 Å². The van der Waals surface area contributed by atoms with Crippen LogP contribution in [0.2, 0.25) is 0 Å². The lowest BCUT2D eigenvalue weighted by Gasteiger charge is -2.15. The third-order valence-corrected chi connectivity index (χ3v) is 7.77. The number of fused-ring (bicyclic) bond motifs is 1. The number of rotatable bonds is 6. The van der Waals surface area contributed by atoms with Crippen LogP contribution >= 0.6 is 11.3 Å². The smallest absolute Gasteiger partial charge is 0.263 e. The Labute approximate surface area is 216 Å². The normalized spacial score (nSPS) is 11.3. The van der Waals surface area contributed by atoms with Crippen LogP contribution in [0.1, 0.15) is 11.1 Å². The van der Waals surface area contributed by atoms with E-state index in [-0.39, 0.29) is 10.0 Å². The zero-order valence-electron chi connectivity index (χ0n) is 19.6. The SMILES string of the molecule is COc1cc(-c2cc(C)cc(F)c2)c(C#N)cc1-c1nccc2cc(S(=O)(=O)Nc3nncs3)ccc12. The van der Waals surface area contributed by atoms with Gasteiger partial charge in [-0.25, -0.2) is 12.8 Å². The lowest BCUT2D eigenvalue weighted by molar-refractivity contribution is 0.416. The molecule has 11 heteroatoms. The predicted octanol–water partition coefficient (Wildman–Crippen LogP) is 5.55. The molecule has 3 aromatic carbocycles. The second-order valence-electron chi connectivity index (χ2n) is 8.12. The summed E-state index contributed by atoms with van der Waals surface area (Å²) >= 11 is 1.07. The summed E-state index contributed by atoms with van der Waals surface area (Å²) in [7, 11) is -2.38. The lowest BCUT2D eigenvalue weighted by Crippen LogP contribution is -2.12. The molecule has 1 N–H and O–H groups in total. The van der Waals surface area contributed by atoms with Crippen LogP contribution in [-0.2, 0) is 10.0 Å². The molecule has 0 saturated carbocycles. The Morgan fingerprint density at radius 1 is 1.08 bits per heavy atom. The van der Waals surface area contributed by atoms with Gasteiger partial charge in [0.05, 0.1) is 29.3 Å². The van der Waals surface area contributed by atoms with Gasteiger partial charge in [0.25, 0.3) is 10.0 Å². The maximum atomic E-state index is 14.1.